The van der Waals surface area contributed by atoms with Crippen LogP contribution in [0.5, 0.6) is 5.75 Å². The van der Waals surface area contributed by atoms with Crippen LogP contribution in [0.3, 0.4) is 0 Å². The number of aromatic hydroxyl groups is 1. The first-order valence-electron chi connectivity index (χ1n) is 6.76. The lowest BCUT2D eigenvalue weighted by Crippen LogP contribution is -2.36. The van der Waals surface area contributed by atoms with Crippen molar-refractivity contribution in [3.8, 4) is 5.75 Å². The summed E-state index contributed by atoms with van der Waals surface area (Å²) in [5.74, 6) is -0.0560. The van der Waals surface area contributed by atoms with Gasteiger partial charge in [-0.25, -0.2) is 8.42 Å². The summed E-state index contributed by atoms with van der Waals surface area (Å²) in [7, 11) is -3.65. The molecule has 0 fully saturated rings. The number of hydrogen-bond donors (Lipinski definition) is 1. The molecule has 2 aromatic rings. The molecule has 0 saturated carbocycles. The highest BCUT2D eigenvalue weighted by Gasteiger charge is 2.27. The Morgan fingerprint density at radius 3 is 2.29 bits per heavy atom. The van der Waals surface area contributed by atoms with Crippen molar-refractivity contribution in [2.75, 3.05) is 0 Å². The Morgan fingerprint density at radius 2 is 1.71 bits per heavy atom. The normalized spacial score (nSPS) is 12.0. The maximum Gasteiger partial charge on any atom is 0.243 e. The molecule has 0 aliphatic carbocycles. The van der Waals surface area contributed by atoms with E-state index in [1.54, 1.807) is 0 Å². The number of benzene rings is 2. The van der Waals surface area contributed by atoms with Gasteiger partial charge in [0.15, 0.2) is 0 Å². The van der Waals surface area contributed by atoms with E-state index in [0.717, 1.165) is 5.56 Å². The summed E-state index contributed by atoms with van der Waals surface area (Å²) in [4.78, 5) is 0.104. The van der Waals surface area contributed by atoms with Crippen LogP contribution in [0.2, 0.25) is 0 Å². The molecule has 0 radical (unpaired) electrons. The molecule has 0 unspecified atom stereocenters. The van der Waals surface area contributed by atoms with Crippen LogP contribution in [0.4, 0.5) is 0 Å². The van der Waals surface area contributed by atoms with Gasteiger partial charge in [0.25, 0.3) is 0 Å². The van der Waals surface area contributed by atoms with Gasteiger partial charge >= 0.3 is 0 Å². The summed E-state index contributed by atoms with van der Waals surface area (Å²) in [5, 5.41) is 9.50. The fraction of sp³-hybridized carbons (Fsp3) is 0.250. The Hall–Kier alpha value is -1.85. The number of nitrogens with zero attached hydrogens (tertiary/aromatic N) is 1. The van der Waals surface area contributed by atoms with Crippen molar-refractivity contribution in [3.05, 3.63) is 60.2 Å². The molecule has 0 aliphatic heterocycles. The van der Waals surface area contributed by atoms with E-state index in [1.165, 1.54) is 28.6 Å². The van der Waals surface area contributed by atoms with E-state index in [9.17, 15) is 13.5 Å². The smallest absolute Gasteiger partial charge is 0.243 e. The molecule has 5 heteroatoms. The summed E-state index contributed by atoms with van der Waals surface area (Å²) in [5.41, 5.74) is 0.926. The Bertz CT molecular complexity index is 696. The number of rotatable bonds is 5. The van der Waals surface area contributed by atoms with Gasteiger partial charge in [0.05, 0.1) is 4.90 Å². The summed E-state index contributed by atoms with van der Waals surface area (Å²) in [6.45, 7) is 3.98. The standard InChI is InChI=1S/C16H19NO3S/c1-13(2)17(12-14-7-4-3-5-8-14)21(19,20)16-10-6-9-15(18)11-16/h3-11,13,18H,12H2,1-2H3. The van der Waals surface area contributed by atoms with Crippen molar-refractivity contribution in [1.82, 2.24) is 4.31 Å². The van der Waals surface area contributed by atoms with Crippen molar-refractivity contribution >= 4 is 10.0 Å². The van der Waals surface area contributed by atoms with E-state index in [0.29, 0.717) is 6.54 Å². The van der Waals surface area contributed by atoms with Crippen molar-refractivity contribution < 1.29 is 13.5 Å². The minimum absolute atomic E-state index is 0.0560. The van der Waals surface area contributed by atoms with Gasteiger partial charge in [0.2, 0.25) is 10.0 Å². The average Bonchev–Trinajstić information content (AvgIpc) is 2.45. The van der Waals surface area contributed by atoms with Crippen molar-refractivity contribution in [2.45, 2.75) is 31.3 Å². The zero-order valence-electron chi connectivity index (χ0n) is 12.1. The highest BCUT2D eigenvalue weighted by atomic mass is 32.2. The zero-order chi connectivity index (χ0) is 15.5. The Morgan fingerprint density at radius 1 is 1.05 bits per heavy atom. The quantitative estimate of drug-likeness (QED) is 0.924. The van der Waals surface area contributed by atoms with Crippen LogP contribution in [0.1, 0.15) is 19.4 Å². The number of sulfonamides is 1. The average molecular weight is 305 g/mol. The van der Waals surface area contributed by atoms with Gasteiger partial charge < -0.3 is 5.11 Å². The molecule has 0 bridgehead atoms. The largest absolute Gasteiger partial charge is 0.508 e. The molecular formula is C16H19NO3S. The van der Waals surface area contributed by atoms with Gasteiger partial charge in [-0.3, -0.25) is 0 Å². The molecule has 0 amide bonds. The van der Waals surface area contributed by atoms with Gasteiger partial charge in [-0.1, -0.05) is 36.4 Å². The van der Waals surface area contributed by atoms with Gasteiger partial charge in [0, 0.05) is 12.6 Å². The highest BCUT2D eigenvalue weighted by molar-refractivity contribution is 7.89. The first-order chi connectivity index (χ1) is 9.91. The third kappa shape index (κ3) is 3.62. The van der Waals surface area contributed by atoms with E-state index in [4.69, 9.17) is 0 Å². The molecular weight excluding hydrogens is 286 g/mol. The maximum absolute atomic E-state index is 12.7. The van der Waals surface area contributed by atoms with Crippen LogP contribution in [0, 0.1) is 0 Å². The fourth-order valence-corrected chi connectivity index (χ4v) is 3.75. The SMILES string of the molecule is CC(C)N(Cc1ccccc1)S(=O)(=O)c1cccc(O)c1. The van der Waals surface area contributed by atoms with E-state index in [1.807, 2.05) is 44.2 Å². The van der Waals surface area contributed by atoms with Crippen LogP contribution in [0.15, 0.2) is 59.5 Å². The van der Waals surface area contributed by atoms with E-state index in [-0.39, 0.29) is 16.7 Å². The predicted molar refractivity (Wildman–Crippen MR) is 82.4 cm³/mol. The van der Waals surface area contributed by atoms with Crippen LogP contribution in [-0.4, -0.2) is 23.9 Å². The lowest BCUT2D eigenvalue weighted by molar-refractivity contribution is 0.348. The summed E-state index contributed by atoms with van der Waals surface area (Å²) in [6.07, 6.45) is 0. The molecule has 21 heavy (non-hydrogen) atoms. The van der Waals surface area contributed by atoms with E-state index < -0.39 is 10.0 Å². The maximum atomic E-state index is 12.7. The Labute approximate surface area is 125 Å². The molecule has 0 aliphatic rings. The van der Waals surface area contributed by atoms with Crippen LogP contribution in [-0.2, 0) is 16.6 Å². The lowest BCUT2D eigenvalue weighted by Gasteiger charge is -2.26. The minimum atomic E-state index is -3.65. The topological polar surface area (TPSA) is 57.6 Å². The van der Waals surface area contributed by atoms with E-state index >= 15 is 0 Å². The monoisotopic (exact) mass is 305 g/mol. The highest BCUT2D eigenvalue weighted by Crippen LogP contribution is 2.23. The molecule has 2 rings (SSSR count). The van der Waals surface area contributed by atoms with Gasteiger partial charge in [-0.05, 0) is 37.6 Å². The van der Waals surface area contributed by atoms with Crippen LogP contribution < -0.4 is 0 Å². The lowest BCUT2D eigenvalue weighted by atomic mass is 10.2. The number of phenols is 1. The second-order valence-electron chi connectivity index (χ2n) is 5.13. The fourth-order valence-electron chi connectivity index (χ4n) is 2.09. The second kappa shape index (κ2) is 6.28. The third-order valence-electron chi connectivity index (χ3n) is 3.18. The molecule has 0 aromatic heterocycles. The van der Waals surface area contributed by atoms with Crippen molar-refractivity contribution in [2.24, 2.45) is 0 Å². The summed E-state index contributed by atoms with van der Waals surface area (Å²) >= 11 is 0. The predicted octanol–water partition coefficient (Wildman–Crippen LogP) is 2.99. The van der Waals surface area contributed by atoms with Crippen LogP contribution in [0.25, 0.3) is 0 Å². The molecule has 4 nitrogen and oxygen atoms in total. The second-order valence-corrected chi connectivity index (χ2v) is 7.02. The number of hydrogen-bond acceptors (Lipinski definition) is 3. The first-order valence-corrected chi connectivity index (χ1v) is 8.20. The van der Waals surface area contributed by atoms with Crippen LogP contribution >= 0.6 is 0 Å². The molecule has 0 spiro atoms. The molecule has 0 atom stereocenters. The Kier molecular flexibility index (Phi) is 4.65. The van der Waals surface area contributed by atoms with E-state index in [2.05, 4.69) is 0 Å². The summed E-state index contributed by atoms with van der Waals surface area (Å²) in [6, 6.07) is 15.0. The van der Waals surface area contributed by atoms with Crippen molar-refractivity contribution in [1.29, 1.82) is 0 Å². The molecule has 0 saturated heterocycles. The van der Waals surface area contributed by atoms with Crippen molar-refractivity contribution in [3.63, 3.8) is 0 Å². The summed E-state index contributed by atoms with van der Waals surface area (Å²) < 4.78 is 26.9. The molecule has 0 heterocycles. The first kappa shape index (κ1) is 15.5. The number of phenolic OH excluding ortho intramolecular Hbond substituents is 1. The van der Waals surface area contributed by atoms with Gasteiger partial charge in [-0.2, -0.15) is 4.31 Å². The molecule has 112 valence electrons. The molecule has 2 aromatic carbocycles. The van der Waals surface area contributed by atoms with Gasteiger partial charge in [0.1, 0.15) is 5.75 Å². The minimum Gasteiger partial charge on any atom is -0.508 e. The third-order valence-corrected chi connectivity index (χ3v) is 5.20. The molecule has 1 N–H and O–H groups in total. The zero-order valence-corrected chi connectivity index (χ0v) is 12.9. The Balaban J connectivity index is 2.37. The van der Waals surface area contributed by atoms with Gasteiger partial charge in [-0.15, -0.1) is 0 Å².